The third-order valence-corrected chi connectivity index (χ3v) is 4.18. The Labute approximate surface area is 140 Å². The Morgan fingerprint density at radius 3 is 2.67 bits per heavy atom. The number of hydrogen-bond acceptors (Lipinski definition) is 3. The fraction of sp³-hybridized carbons (Fsp3) is 0.150. The van der Waals surface area contributed by atoms with Gasteiger partial charge in [0.05, 0.1) is 0 Å². The highest BCUT2D eigenvalue weighted by atomic mass is 16.1. The van der Waals surface area contributed by atoms with E-state index in [1.165, 1.54) is 10.9 Å². The van der Waals surface area contributed by atoms with Crippen LogP contribution in [0.2, 0.25) is 0 Å². The third kappa shape index (κ3) is 3.49. The molecule has 0 aliphatic carbocycles. The number of aromatic nitrogens is 1. The van der Waals surface area contributed by atoms with Crippen LogP contribution in [0, 0.1) is 0 Å². The number of fused-ring (bicyclic) bond motifs is 1. The highest BCUT2D eigenvalue weighted by Gasteiger charge is 2.07. The molecule has 0 fully saturated rings. The standard InChI is InChI=1S/C20H18N2O2/c23-13-15-4-5-18(11-22-14-24)17(10-15)7-6-16-2-1-3-19-12-21-9-8-20(16)19/h1-5,8-10,12-14H,6-7,11H2,(H,22,24). The van der Waals surface area contributed by atoms with E-state index in [0.717, 1.165) is 35.6 Å². The second kappa shape index (κ2) is 7.51. The summed E-state index contributed by atoms with van der Waals surface area (Å²) in [5.74, 6) is 0. The molecule has 1 N–H and O–H groups in total. The molecule has 0 aliphatic rings. The molecule has 3 rings (SSSR count). The number of nitrogens with zero attached hydrogens (tertiary/aromatic N) is 1. The molecule has 3 aromatic rings. The van der Waals surface area contributed by atoms with Crippen LogP contribution in [0.1, 0.15) is 27.0 Å². The van der Waals surface area contributed by atoms with E-state index < -0.39 is 0 Å². The lowest BCUT2D eigenvalue weighted by molar-refractivity contribution is -0.109. The Balaban J connectivity index is 1.87. The molecule has 24 heavy (non-hydrogen) atoms. The summed E-state index contributed by atoms with van der Waals surface area (Å²) < 4.78 is 0. The quantitative estimate of drug-likeness (QED) is 0.681. The van der Waals surface area contributed by atoms with Crippen molar-refractivity contribution >= 4 is 23.5 Å². The van der Waals surface area contributed by atoms with Crippen molar-refractivity contribution in [3.05, 3.63) is 77.1 Å². The summed E-state index contributed by atoms with van der Waals surface area (Å²) in [6.07, 6.45) is 6.87. The summed E-state index contributed by atoms with van der Waals surface area (Å²) in [5.41, 5.74) is 4.03. The number of nitrogens with one attached hydrogen (secondary N) is 1. The molecule has 0 saturated heterocycles. The van der Waals surface area contributed by atoms with Crippen molar-refractivity contribution in [2.75, 3.05) is 0 Å². The lowest BCUT2D eigenvalue weighted by Crippen LogP contribution is -2.12. The minimum atomic E-state index is 0.470. The zero-order valence-corrected chi connectivity index (χ0v) is 13.2. The molecule has 0 saturated carbocycles. The molecule has 0 aliphatic heterocycles. The van der Waals surface area contributed by atoms with Crippen molar-refractivity contribution in [3.8, 4) is 0 Å². The highest BCUT2D eigenvalue weighted by Crippen LogP contribution is 2.21. The van der Waals surface area contributed by atoms with Crippen molar-refractivity contribution in [1.82, 2.24) is 10.3 Å². The maximum atomic E-state index is 11.1. The van der Waals surface area contributed by atoms with Crippen molar-refractivity contribution in [3.63, 3.8) is 0 Å². The first-order valence-electron chi connectivity index (χ1n) is 7.87. The molecular formula is C20H18N2O2. The van der Waals surface area contributed by atoms with Crippen LogP contribution in [0.25, 0.3) is 10.8 Å². The Kier molecular flexibility index (Phi) is 4.96. The number of benzene rings is 2. The fourth-order valence-corrected chi connectivity index (χ4v) is 2.95. The zero-order valence-electron chi connectivity index (χ0n) is 13.2. The van der Waals surface area contributed by atoms with Crippen molar-refractivity contribution in [1.29, 1.82) is 0 Å². The number of amides is 1. The summed E-state index contributed by atoms with van der Waals surface area (Å²) in [4.78, 5) is 25.8. The topological polar surface area (TPSA) is 59.1 Å². The predicted octanol–water partition coefficient (Wildman–Crippen LogP) is 3.08. The molecule has 0 radical (unpaired) electrons. The average molecular weight is 318 g/mol. The second-order valence-electron chi connectivity index (χ2n) is 5.66. The molecule has 2 aromatic carbocycles. The zero-order chi connectivity index (χ0) is 16.8. The first kappa shape index (κ1) is 15.9. The number of carbonyl (C=O) groups excluding carboxylic acids is 2. The predicted molar refractivity (Wildman–Crippen MR) is 93.9 cm³/mol. The molecule has 1 heterocycles. The van der Waals surface area contributed by atoms with Gasteiger partial charge in [0.2, 0.25) is 6.41 Å². The van der Waals surface area contributed by atoms with Crippen LogP contribution in [0.5, 0.6) is 0 Å². The maximum Gasteiger partial charge on any atom is 0.207 e. The van der Waals surface area contributed by atoms with Crippen LogP contribution < -0.4 is 5.32 Å². The van der Waals surface area contributed by atoms with Crippen LogP contribution in [0.4, 0.5) is 0 Å². The first-order valence-corrected chi connectivity index (χ1v) is 7.87. The van der Waals surface area contributed by atoms with Crippen LogP contribution >= 0.6 is 0 Å². The van der Waals surface area contributed by atoms with E-state index in [2.05, 4.69) is 22.4 Å². The van der Waals surface area contributed by atoms with Crippen molar-refractivity contribution in [2.45, 2.75) is 19.4 Å². The lowest BCUT2D eigenvalue weighted by atomic mass is 9.95. The summed E-state index contributed by atoms with van der Waals surface area (Å²) in [5, 5.41) is 5.02. The fourth-order valence-electron chi connectivity index (χ4n) is 2.95. The molecule has 4 heteroatoms. The van der Waals surface area contributed by atoms with E-state index in [-0.39, 0.29) is 0 Å². The van der Waals surface area contributed by atoms with Gasteiger partial charge in [-0.2, -0.15) is 0 Å². The number of aryl methyl sites for hydroxylation is 2. The van der Waals surface area contributed by atoms with Gasteiger partial charge in [-0.15, -0.1) is 0 Å². The van der Waals surface area contributed by atoms with E-state index in [1.807, 2.05) is 30.5 Å². The van der Waals surface area contributed by atoms with E-state index in [1.54, 1.807) is 12.3 Å². The van der Waals surface area contributed by atoms with Gasteiger partial charge in [0.15, 0.2) is 0 Å². The number of rotatable bonds is 7. The SMILES string of the molecule is O=CNCc1ccc(C=O)cc1CCc1cccc2cnccc12. The van der Waals surface area contributed by atoms with E-state index >= 15 is 0 Å². The van der Waals surface area contributed by atoms with E-state index in [4.69, 9.17) is 0 Å². The van der Waals surface area contributed by atoms with Crippen LogP contribution in [0.3, 0.4) is 0 Å². The first-order chi connectivity index (χ1) is 11.8. The van der Waals surface area contributed by atoms with E-state index in [9.17, 15) is 9.59 Å². The van der Waals surface area contributed by atoms with Gasteiger partial charge < -0.3 is 5.32 Å². The number of hydrogen-bond donors (Lipinski definition) is 1. The van der Waals surface area contributed by atoms with Crippen LogP contribution in [-0.4, -0.2) is 17.7 Å². The van der Waals surface area contributed by atoms with Gasteiger partial charge in [-0.05, 0) is 47.1 Å². The van der Waals surface area contributed by atoms with Crippen molar-refractivity contribution in [2.24, 2.45) is 0 Å². The minimum Gasteiger partial charge on any atom is -0.355 e. The number of pyridine rings is 1. The Morgan fingerprint density at radius 2 is 1.83 bits per heavy atom. The van der Waals surface area contributed by atoms with Crippen molar-refractivity contribution < 1.29 is 9.59 Å². The molecule has 0 bridgehead atoms. The highest BCUT2D eigenvalue weighted by molar-refractivity contribution is 5.84. The molecular weight excluding hydrogens is 300 g/mol. The number of aldehydes is 1. The van der Waals surface area contributed by atoms with Crippen LogP contribution in [0.15, 0.2) is 54.9 Å². The Hall–Kier alpha value is -3.01. The Morgan fingerprint density at radius 1 is 0.958 bits per heavy atom. The molecule has 4 nitrogen and oxygen atoms in total. The van der Waals surface area contributed by atoms with Gasteiger partial charge in [-0.25, -0.2) is 0 Å². The lowest BCUT2D eigenvalue weighted by Gasteiger charge is -2.11. The third-order valence-electron chi connectivity index (χ3n) is 4.18. The molecule has 1 amide bonds. The second-order valence-corrected chi connectivity index (χ2v) is 5.66. The maximum absolute atomic E-state index is 11.1. The van der Waals surface area contributed by atoms with Gasteiger partial charge in [-0.1, -0.05) is 30.3 Å². The van der Waals surface area contributed by atoms with Gasteiger partial charge >= 0.3 is 0 Å². The van der Waals surface area contributed by atoms with Gasteiger partial charge in [0.1, 0.15) is 6.29 Å². The largest absolute Gasteiger partial charge is 0.355 e. The molecule has 0 spiro atoms. The van der Waals surface area contributed by atoms with E-state index in [0.29, 0.717) is 18.5 Å². The molecule has 0 unspecified atom stereocenters. The summed E-state index contributed by atoms with van der Waals surface area (Å²) in [6, 6.07) is 13.8. The van der Waals surface area contributed by atoms with Crippen LogP contribution in [-0.2, 0) is 24.2 Å². The minimum absolute atomic E-state index is 0.470. The molecule has 1 aromatic heterocycles. The summed E-state index contributed by atoms with van der Waals surface area (Å²) in [6.45, 7) is 0.470. The van der Waals surface area contributed by atoms with Gasteiger partial charge in [0.25, 0.3) is 0 Å². The summed E-state index contributed by atoms with van der Waals surface area (Å²) >= 11 is 0. The average Bonchev–Trinajstić information content (AvgIpc) is 2.65. The van der Waals surface area contributed by atoms with Gasteiger partial charge in [0, 0.05) is 29.9 Å². The summed E-state index contributed by atoms with van der Waals surface area (Å²) in [7, 11) is 0. The van der Waals surface area contributed by atoms with Gasteiger partial charge in [-0.3, -0.25) is 14.6 Å². The smallest absolute Gasteiger partial charge is 0.207 e. The monoisotopic (exact) mass is 318 g/mol. The molecule has 0 atom stereocenters. The molecule has 120 valence electrons. The number of carbonyl (C=O) groups is 2. The normalized spacial score (nSPS) is 10.5. The Bertz CT molecular complexity index is 869.